The van der Waals surface area contributed by atoms with Crippen molar-refractivity contribution >= 4 is 28.5 Å². The van der Waals surface area contributed by atoms with Crippen LogP contribution in [0.5, 0.6) is 0 Å². The van der Waals surface area contributed by atoms with E-state index in [0.29, 0.717) is 0 Å². The average molecular weight is 360 g/mol. The van der Waals surface area contributed by atoms with Crippen molar-refractivity contribution in [2.75, 3.05) is 0 Å². The lowest BCUT2D eigenvalue weighted by atomic mass is 9.80. The molecular weight excluding hydrogens is 341 g/mol. The van der Waals surface area contributed by atoms with Crippen LogP contribution in [0.1, 0.15) is 27.7 Å². The van der Waals surface area contributed by atoms with Gasteiger partial charge in [-0.25, -0.2) is 0 Å². The van der Waals surface area contributed by atoms with Crippen LogP contribution in [0.2, 0.25) is 0 Å². The highest BCUT2D eigenvalue weighted by molar-refractivity contribution is 9.10. The van der Waals surface area contributed by atoms with Gasteiger partial charge in [0.2, 0.25) is 0 Å². The van der Waals surface area contributed by atoms with Gasteiger partial charge in [0.05, 0.1) is 16.9 Å². The van der Waals surface area contributed by atoms with E-state index in [-0.39, 0.29) is 11.2 Å². The third kappa shape index (κ3) is 2.73. The van der Waals surface area contributed by atoms with Gasteiger partial charge in [0.25, 0.3) is 0 Å². The molecule has 1 aliphatic rings. The van der Waals surface area contributed by atoms with Gasteiger partial charge < -0.3 is 9.31 Å². The molecule has 0 saturated carbocycles. The van der Waals surface area contributed by atoms with Crippen LogP contribution >= 0.6 is 15.9 Å². The number of aromatic nitrogens is 1. The van der Waals surface area contributed by atoms with Crippen LogP contribution in [-0.2, 0) is 9.31 Å². The van der Waals surface area contributed by atoms with Gasteiger partial charge in [-0.15, -0.1) is 0 Å². The molecular formula is C17H19BBrNO2. The molecule has 0 spiro atoms. The van der Waals surface area contributed by atoms with Gasteiger partial charge in [0, 0.05) is 21.7 Å². The molecule has 0 aliphatic carbocycles. The predicted octanol–water partition coefficient (Wildman–Crippen LogP) is 3.81. The van der Waals surface area contributed by atoms with Crippen LogP contribution in [-0.4, -0.2) is 23.3 Å². The molecule has 22 heavy (non-hydrogen) atoms. The Kier molecular flexibility index (Phi) is 3.92. The van der Waals surface area contributed by atoms with E-state index in [0.717, 1.165) is 21.2 Å². The average Bonchev–Trinajstić information content (AvgIpc) is 2.68. The molecule has 0 unspecified atom stereocenters. The Balaban J connectivity index is 1.91. The van der Waals surface area contributed by atoms with E-state index < -0.39 is 7.12 Å². The molecule has 3 rings (SSSR count). The molecule has 1 saturated heterocycles. The van der Waals surface area contributed by atoms with Crippen LogP contribution in [0, 0.1) is 0 Å². The van der Waals surface area contributed by atoms with E-state index in [4.69, 9.17) is 9.31 Å². The molecule has 0 N–H and O–H groups in total. The van der Waals surface area contributed by atoms with E-state index in [1.54, 1.807) is 0 Å². The van der Waals surface area contributed by atoms with Crippen molar-refractivity contribution in [3.8, 4) is 11.3 Å². The summed E-state index contributed by atoms with van der Waals surface area (Å²) in [5.74, 6) is 0. The highest BCUT2D eigenvalue weighted by Crippen LogP contribution is 2.36. The molecule has 5 heteroatoms. The lowest BCUT2D eigenvalue weighted by Crippen LogP contribution is -2.41. The number of hydrogen-bond donors (Lipinski definition) is 0. The van der Waals surface area contributed by atoms with Crippen LogP contribution in [0.15, 0.2) is 47.1 Å². The molecule has 0 amide bonds. The van der Waals surface area contributed by atoms with Gasteiger partial charge in [-0.2, -0.15) is 0 Å². The highest BCUT2D eigenvalue weighted by atomic mass is 79.9. The fraction of sp³-hybridized carbons (Fsp3) is 0.353. The van der Waals surface area contributed by atoms with E-state index in [2.05, 4.69) is 20.9 Å². The molecule has 2 aromatic rings. The van der Waals surface area contributed by atoms with Gasteiger partial charge in [0.1, 0.15) is 0 Å². The largest absolute Gasteiger partial charge is 0.496 e. The third-order valence-electron chi connectivity index (χ3n) is 4.43. The van der Waals surface area contributed by atoms with Gasteiger partial charge >= 0.3 is 7.12 Å². The molecule has 0 bridgehead atoms. The van der Waals surface area contributed by atoms with Crippen molar-refractivity contribution in [3.63, 3.8) is 0 Å². The van der Waals surface area contributed by atoms with Gasteiger partial charge in [-0.05, 0) is 49.7 Å². The minimum atomic E-state index is -0.390. The maximum atomic E-state index is 6.07. The first kappa shape index (κ1) is 15.7. The molecule has 114 valence electrons. The van der Waals surface area contributed by atoms with Crippen molar-refractivity contribution < 1.29 is 9.31 Å². The van der Waals surface area contributed by atoms with Crippen molar-refractivity contribution in [2.24, 2.45) is 0 Å². The predicted molar refractivity (Wildman–Crippen MR) is 93.1 cm³/mol. The minimum Gasteiger partial charge on any atom is -0.399 e. The molecule has 2 heterocycles. The molecule has 1 fully saturated rings. The number of rotatable bonds is 2. The Hall–Kier alpha value is -1.17. The Morgan fingerprint density at radius 1 is 1.00 bits per heavy atom. The van der Waals surface area contributed by atoms with E-state index in [1.165, 1.54) is 0 Å². The first-order chi connectivity index (χ1) is 10.3. The summed E-state index contributed by atoms with van der Waals surface area (Å²) in [5, 5.41) is 0. The summed E-state index contributed by atoms with van der Waals surface area (Å²) in [6.07, 6.45) is 1.83. The van der Waals surface area contributed by atoms with Crippen molar-refractivity contribution in [1.82, 2.24) is 4.98 Å². The summed E-state index contributed by atoms with van der Waals surface area (Å²) >= 11 is 3.61. The Morgan fingerprint density at radius 3 is 2.14 bits per heavy atom. The molecule has 0 atom stereocenters. The van der Waals surface area contributed by atoms with Gasteiger partial charge in [-0.1, -0.05) is 30.3 Å². The quantitative estimate of drug-likeness (QED) is 0.764. The second kappa shape index (κ2) is 5.48. The van der Waals surface area contributed by atoms with Crippen molar-refractivity contribution in [2.45, 2.75) is 38.9 Å². The summed E-state index contributed by atoms with van der Waals surface area (Å²) in [6, 6.07) is 12.1. The second-order valence-corrected chi connectivity index (χ2v) is 7.41. The van der Waals surface area contributed by atoms with E-state index >= 15 is 0 Å². The Morgan fingerprint density at radius 2 is 1.59 bits per heavy atom. The van der Waals surface area contributed by atoms with Crippen LogP contribution in [0.25, 0.3) is 11.3 Å². The number of pyridine rings is 1. The Bertz CT molecular complexity index is 672. The van der Waals surface area contributed by atoms with Gasteiger partial charge in [0.15, 0.2) is 0 Å². The fourth-order valence-corrected chi connectivity index (χ4v) is 2.96. The van der Waals surface area contributed by atoms with Gasteiger partial charge in [-0.3, -0.25) is 4.98 Å². The highest BCUT2D eigenvalue weighted by Gasteiger charge is 2.51. The van der Waals surface area contributed by atoms with Crippen LogP contribution in [0.4, 0.5) is 0 Å². The smallest absolute Gasteiger partial charge is 0.399 e. The summed E-state index contributed by atoms with van der Waals surface area (Å²) in [4.78, 5) is 4.58. The summed E-state index contributed by atoms with van der Waals surface area (Å²) in [5.41, 5.74) is 2.23. The maximum absolute atomic E-state index is 6.07. The van der Waals surface area contributed by atoms with E-state index in [9.17, 15) is 0 Å². The number of nitrogens with zero attached hydrogens (tertiary/aromatic N) is 1. The molecule has 3 nitrogen and oxygen atoms in total. The molecule has 1 aliphatic heterocycles. The lowest BCUT2D eigenvalue weighted by Gasteiger charge is -2.32. The minimum absolute atomic E-state index is 0.345. The topological polar surface area (TPSA) is 31.4 Å². The molecule has 1 aromatic heterocycles. The summed E-state index contributed by atoms with van der Waals surface area (Å²) in [6.45, 7) is 8.20. The second-order valence-electron chi connectivity index (χ2n) is 6.55. The Labute approximate surface area is 140 Å². The zero-order chi connectivity index (χ0) is 16.0. The van der Waals surface area contributed by atoms with Crippen molar-refractivity contribution in [1.29, 1.82) is 0 Å². The number of halogens is 1. The first-order valence-electron chi connectivity index (χ1n) is 7.37. The fourth-order valence-electron chi connectivity index (χ4n) is 2.37. The maximum Gasteiger partial charge on any atom is 0.496 e. The molecule has 1 aromatic carbocycles. The standard InChI is InChI=1S/C17H19BBrNO2/c1-16(2)17(3,4)22-18(21-16)13-10-14(19)15(20-11-13)12-8-6-5-7-9-12/h5-11H,1-4H3. The number of hydrogen-bond acceptors (Lipinski definition) is 3. The lowest BCUT2D eigenvalue weighted by molar-refractivity contribution is 0.00578. The molecule has 0 radical (unpaired) electrons. The van der Waals surface area contributed by atoms with Crippen molar-refractivity contribution in [3.05, 3.63) is 47.1 Å². The monoisotopic (exact) mass is 359 g/mol. The summed E-state index contributed by atoms with van der Waals surface area (Å²) < 4.78 is 13.1. The van der Waals surface area contributed by atoms with E-state index in [1.807, 2.05) is 70.3 Å². The van der Waals surface area contributed by atoms with Crippen LogP contribution < -0.4 is 5.46 Å². The zero-order valence-electron chi connectivity index (χ0n) is 13.3. The number of benzene rings is 1. The first-order valence-corrected chi connectivity index (χ1v) is 8.16. The normalized spacial score (nSPS) is 19.4. The third-order valence-corrected chi connectivity index (χ3v) is 5.04. The van der Waals surface area contributed by atoms with Crippen LogP contribution in [0.3, 0.4) is 0 Å². The summed E-state index contributed by atoms with van der Waals surface area (Å²) in [7, 11) is -0.390. The zero-order valence-corrected chi connectivity index (χ0v) is 14.8. The SMILES string of the molecule is CC1(C)OB(c2cnc(-c3ccccc3)c(Br)c2)OC1(C)C.